The molecule has 2 aromatic rings. The lowest BCUT2D eigenvalue weighted by atomic mass is 10.2. The molecule has 0 aliphatic heterocycles. The maximum atomic E-state index is 12.8. The Labute approximate surface area is 166 Å². The molecule has 0 fully saturated rings. The zero-order valence-corrected chi connectivity index (χ0v) is 16.5. The molecule has 0 aliphatic rings. The van der Waals surface area contributed by atoms with Gasteiger partial charge in [-0.05, 0) is 35.9 Å². The van der Waals surface area contributed by atoms with Crippen LogP contribution in [0, 0.1) is 5.92 Å². The minimum atomic E-state index is -4.69. The summed E-state index contributed by atoms with van der Waals surface area (Å²) in [5, 5.41) is 2.38. The first-order valence-electron chi connectivity index (χ1n) is 8.16. The fourth-order valence-corrected chi connectivity index (χ4v) is 3.68. The van der Waals surface area contributed by atoms with E-state index >= 15 is 0 Å². The molecule has 10 heteroatoms. The van der Waals surface area contributed by atoms with Crippen LogP contribution in [0.25, 0.3) is 0 Å². The molecule has 0 spiro atoms. The summed E-state index contributed by atoms with van der Waals surface area (Å²) in [6, 6.07) is 8.48. The van der Waals surface area contributed by atoms with Gasteiger partial charge in [-0.2, -0.15) is 13.2 Å². The van der Waals surface area contributed by atoms with E-state index in [1.54, 1.807) is 38.1 Å². The van der Waals surface area contributed by atoms with Crippen molar-refractivity contribution in [2.24, 2.45) is 5.92 Å². The monoisotopic (exact) mass is 434 g/mol. The van der Waals surface area contributed by atoms with Crippen LogP contribution in [-0.4, -0.2) is 14.3 Å². The molecule has 2 N–H and O–H groups in total. The molecule has 0 bridgehead atoms. The molecule has 0 heterocycles. The Morgan fingerprint density at radius 1 is 1.11 bits per heavy atom. The van der Waals surface area contributed by atoms with Crippen molar-refractivity contribution >= 4 is 33.2 Å². The summed E-state index contributed by atoms with van der Waals surface area (Å²) >= 11 is 5.78. The number of alkyl halides is 3. The van der Waals surface area contributed by atoms with Gasteiger partial charge in [0.2, 0.25) is 15.9 Å². The zero-order valence-electron chi connectivity index (χ0n) is 15.0. The summed E-state index contributed by atoms with van der Waals surface area (Å²) in [5.74, 6) is -0.351. The number of nitrogens with one attached hydrogen (secondary N) is 2. The average molecular weight is 435 g/mol. The summed E-state index contributed by atoms with van der Waals surface area (Å²) in [7, 11) is -4.26. The maximum Gasteiger partial charge on any atom is 0.416 e. The van der Waals surface area contributed by atoms with Crippen molar-refractivity contribution in [1.82, 2.24) is 4.72 Å². The number of sulfonamides is 1. The van der Waals surface area contributed by atoms with Crippen molar-refractivity contribution in [3.8, 4) is 0 Å². The van der Waals surface area contributed by atoms with Gasteiger partial charge in [0.25, 0.3) is 0 Å². The van der Waals surface area contributed by atoms with E-state index in [0.29, 0.717) is 23.4 Å². The molecular formula is C18H18ClF3N2O3S. The molecule has 28 heavy (non-hydrogen) atoms. The Bertz CT molecular complexity index is 959. The molecule has 0 saturated carbocycles. The number of carbonyl (C=O) groups excluding carboxylic acids is 1. The first-order valence-corrected chi connectivity index (χ1v) is 10.0. The molecule has 0 aromatic heterocycles. The molecule has 5 nitrogen and oxygen atoms in total. The van der Waals surface area contributed by atoms with Crippen LogP contribution >= 0.6 is 11.6 Å². The van der Waals surface area contributed by atoms with E-state index in [0.717, 1.165) is 6.07 Å². The molecule has 1 amide bonds. The second-order valence-corrected chi connectivity index (χ2v) is 8.45. The van der Waals surface area contributed by atoms with Gasteiger partial charge in [0.1, 0.15) is 4.90 Å². The van der Waals surface area contributed by atoms with Gasteiger partial charge in [-0.3, -0.25) is 4.79 Å². The molecule has 0 saturated heterocycles. The van der Waals surface area contributed by atoms with Gasteiger partial charge in [0, 0.05) is 18.2 Å². The lowest BCUT2D eigenvalue weighted by molar-refractivity contribution is -0.137. The van der Waals surface area contributed by atoms with Gasteiger partial charge in [0.15, 0.2) is 0 Å². The Morgan fingerprint density at radius 3 is 2.25 bits per heavy atom. The molecule has 0 atom stereocenters. The average Bonchev–Trinajstić information content (AvgIpc) is 2.60. The first-order chi connectivity index (χ1) is 12.9. The smallest absolute Gasteiger partial charge is 0.326 e. The number of carbonyl (C=O) groups is 1. The molecule has 2 aromatic carbocycles. The fraction of sp³-hybridized carbons (Fsp3) is 0.278. The van der Waals surface area contributed by atoms with Crippen LogP contribution < -0.4 is 10.0 Å². The maximum absolute atomic E-state index is 12.8. The van der Waals surface area contributed by atoms with Gasteiger partial charge >= 0.3 is 6.18 Å². The number of hydrogen-bond acceptors (Lipinski definition) is 3. The van der Waals surface area contributed by atoms with E-state index in [4.69, 9.17) is 11.6 Å². The Balaban J connectivity index is 2.13. The van der Waals surface area contributed by atoms with Crippen molar-refractivity contribution in [1.29, 1.82) is 0 Å². The lowest BCUT2D eigenvalue weighted by Gasteiger charge is -2.12. The predicted octanol–water partition coefficient (Wildman–Crippen LogP) is 4.43. The molecule has 152 valence electrons. The summed E-state index contributed by atoms with van der Waals surface area (Å²) in [4.78, 5) is 11.0. The van der Waals surface area contributed by atoms with Crippen LogP contribution in [0.2, 0.25) is 5.02 Å². The number of anilines is 1. The van der Waals surface area contributed by atoms with E-state index in [-0.39, 0.29) is 23.4 Å². The molecular weight excluding hydrogens is 417 g/mol. The molecule has 2 rings (SSSR count). The minimum absolute atomic E-state index is 0.159. The van der Waals surface area contributed by atoms with Crippen molar-refractivity contribution in [2.45, 2.75) is 31.5 Å². The summed E-state index contributed by atoms with van der Waals surface area (Å²) in [6.07, 6.45) is -4.69. The molecule has 0 radical (unpaired) electrons. The second kappa shape index (κ2) is 8.50. The number of benzene rings is 2. The van der Waals surface area contributed by atoms with Crippen molar-refractivity contribution in [3.05, 3.63) is 58.6 Å². The molecule has 0 aliphatic carbocycles. The quantitative estimate of drug-likeness (QED) is 0.706. The van der Waals surface area contributed by atoms with E-state index in [2.05, 4.69) is 10.0 Å². The lowest BCUT2D eigenvalue weighted by Crippen LogP contribution is -2.24. The van der Waals surface area contributed by atoms with Crippen molar-refractivity contribution in [3.63, 3.8) is 0 Å². The van der Waals surface area contributed by atoms with Crippen LogP contribution in [0.1, 0.15) is 25.0 Å². The van der Waals surface area contributed by atoms with E-state index in [9.17, 15) is 26.4 Å². The van der Waals surface area contributed by atoms with Crippen molar-refractivity contribution < 1.29 is 26.4 Å². The van der Waals surface area contributed by atoms with Gasteiger partial charge in [-0.25, -0.2) is 13.1 Å². The highest BCUT2D eigenvalue weighted by atomic mass is 35.5. The summed E-state index contributed by atoms with van der Waals surface area (Å²) < 4.78 is 65.5. The number of amides is 1. The van der Waals surface area contributed by atoms with Crippen LogP contribution in [0.5, 0.6) is 0 Å². The van der Waals surface area contributed by atoms with Crippen LogP contribution in [0.4, 0.5) is 18.9 Å². The van der Waals surface area contributed by atoms with Crippen molar-refractivity contribution in [2.75, 3.05) is 5.32 Å². The SMILES string of the molecule is CC(C)C(=O)Nc1ccc(CNS(=O)(=O)c2cc(C(F)(F)F)ccc2Cl)cc1. The standard InChI is InChI=1S/C18H18ClF3N2O3S/c1-11(2)17(25)24-14-6-3-12(4-7-14)10-23-28(26,27)16-9-13(18(20,21)22)5-8-15(16)19/h3-9,11,23H,10H2,1-2H3,(H,24,25). The topological polar surface area (TPSA) is 75.3 Å². The number of halogens is 4. The fourth-order valence-electron chi connectivity index (χ4n) is 2.13. The first kappa shape index (κ1) is 22.2. The third-order valence-electron chi connectivity index (χ3n) is 3.76. The van der Waals surface area contributed by atoms with Gasteiger partial charge < -0.3 is 5.32 Å². The van der Waals surface area contributed by atoms with Gasteiger partial charge in [-0.1, -0.05) is 37.6 Å². The Hall–Kier alpha value is -2.10. The second-order valence-electron chi connectivity index (χ2n) is 6.31. The highest BCUT2D eigenvalue weighted by Gasteiger charge is 2.32. The van der Waals surface area contributed by atoms with Gasteiger partial charge in [-0.15, -0.1) is 0 Å². The minimum Gasteiger partial charge on any atom is -0.326 e. The van der Waals surface area contributed by atoms with Gasteiger partial charge in [0.05, 0.1) is 10.6 Å². The van der Waals surface area contributed by atoms with Crippen LogP contribution in [0.3, 0.4) is 0 Å². The van der Waals surface area contributed by atoms with E-state index in [1.807, 2.05) is 0 Å². The largest absolute Gasteiger partial charge is 0.416 e. The Kier molecular flexibility index (Phi) is 6.74. The predicted molar refractivity (Wildman–Crippen MR) is 100 cm³/mol. The third-order valence-corrected chi connectivity index (χ3v) is 5.64. The van der Waals surface area contributed by atoms with Crippen LogP contribution in [-0.2, 0) is 27.5 Å². The van der Waals surface area contributed by atoms with E-state index < -0.39 is 26.7 Å². The molecule has 0 unspecified atom stereocenters. The summed E-state index contributed by atoms with van der Waals surface area (Å²) in [6.45, 7) is 3.34. The van der Waals surface area contributed by atoms with E-state index in [1.165, 1.54) is 0 Å². The third kappa shape index (κ3) is 5.70. The highest BCUT2D eigenvalue weighted by Crippen LogP contribution is 2.33. The normalized spacial score (nSPS) is 12.2. The zero-order chi connectivity index (χ0) is 21.1. The summed E-state index contributed by atoms with van der Waals surface area (Å²) in [5.41, 5.74) is -0.0111. The highest BCUT2D eigenvalue weighted by molar-refractivity contribution is 7.89. The Morgan fingerprint density at radius 2 is 1.71 bits per heavy atom. The van der Waals surface area contributed by atoms with Crippen LogP contribution in [0.15, 0.2) is 47.4 Å². The number of hydrogen-bond donors (Lipinski definition) is 2. The number of rotatable bonds is 6.